The van der Waals surface area contributed by atoms with E-state index in [4.69, 9.17) is 35.0 Å². The second kappa shape index (κ2) is 17.3. The SMILES string of the molecule is Cn1ccc2c([C@@H](c3cn(C45CCC4CC5)nn3)N(C(=O)OCCCOP(=O)(OC(C)(C)C)OC(C)(C)C)c3cc(Cl)c4ncc(C#N)c(NCC(C)(C)C)c4c3)cccc2c1=O. The van der Waals surface area contributed by atoms with Gasteiger partial charge in [0.25, 0.3) is 5.56 Å². The second-order valence-electron chi connectivity index (χ2n) is 19.8. The number of nitriles is 1. The average molecular weight is 901 g/mol. The Bertz CT molecular complexity index is 2660. The van der Waals surface area contributed by atoms with E-state index < -0.39 is 31.2 Å². The zero-order valence-electron chi connectivity index (χ0n) is 37.8. The van der Waals surface area contributed by atoms with Gasteiger partial charge in [0.05, 0.1) is 63.6 Å². The van der Waals surface area contributed by atoms with Crippen molar-refractivity contribution in [3.63, 3.8) is 0 Å². The predicted octanol–water partition coefficient (Wildman–Crippen LogP) is 10.4. The molecule has 17 heteroatoms. The molecule has 2 fully saturated rings. The van der Waals surface area contributed by atoms with E-state index >= 15 is 4.79 Å². The Balaban J connectivity index is 1.35. The molecule has 2 aliphatic rings. The molecule has 15 nitrogen and oxygen atoms in total. The molecule has 2 saturated carbocycles. The fourth-order valence-corrected chi connectivity index (χ4v) is 10.4. The van der Waals surface area contributed by atoms with Crippen molar-refractivity contribution in [2.24, 2.45) is 18.4 Å². The van der Waals surface area contributed by atoms with Gasteiger partial charge in [0.2, 0.25) is 0 Å². The van der Waals surface area contributed by atoms with Gasteiger partial charge in [-0.1, -0.05) is 49.7 Å². The summed E-state index contributed by atoms with van der Waals surface area (Å²) in [5, 5.41) is 25.0. The van der Waals surface area contributed by atoms with Gasteiger partial charge in [0, 0.05) is 43.2 Å². The minimum atomic E-state index is -4.03. The molecule has 3 aromatic heterocycles. The van der Waals surface area contributed by atoms with Crippen molar-refractivity contribution in [1.82, 2.24) is 24.5 Å². The van der Waals surface area contributed by atoms with Crippen LogP contribution in [-0.2, 0) is 35.5 Å². The van der Waals surface area contributed by atoms with Gasteiger partial charge in [-0.2, -0.15) is 5.26 Å². The lowest BCUT2D eigenvalue weighted by molar-refractivity contribution is -0.0693. The van der Waals surface area contributed by atoms with Crippen molar-refractivity contribution in [2.75, 3.05) is 30.0 Å². The number of phosphoric ester groups is 1. The monoisotopic (exact) mass is 900 g/mol. The summed E-state index contributed by atoms with van der Waals surface area (Å²) in [4.78, 5) is 34.7. The summed E-state index contributed by atoms with van der Waals surface area (Å²) in [7, 11) is -2.34. The molecule has 5 aromatic rings. The van der Waals surface area contributed by atoms with Gasteiger partial charge < -0.3 is 14.6 Å². The van der Waals surface area contributed by atoms with E-state index in [2.05, 4.69) is 42.4 Å². The lowest BCUT2D eigenvalue weighted by Gasteiger charge is -2.58. The van der Waals surface area contributed by atoms with Gasteiger partial charge in [-0.05, 0) is 114 Å². The van der Waals surface area contributed by atoms with Crippen molar-refractivity contribution in [1.29, 1.82) is 5.26 Å². The molecule has 3 heterocycles. The first-order valence-corrected chi connectivity index (χ1v) is 23.2. The summed E-state index contributed by atoms with van der Waals surface area (Å²) in [6.07, 6.45) is 8.64. The van der Waals surface area contributed by atoms with E-state index in [1.54, 1.807) is 79.1 Å². The molecule has 0 bridgehead atoms. The topological polar surface area (TPSA) is 176 Å². The fraction of sp³-hybridized carbons (Fsp3) is 0.522. The zero-order chi connectivity index (χ0) is 45.7. The molecule has 0 spiro atoms. The number of phosphoric acid groups is 1. The average Bonchev–Trinajstić information content (AvgIpc) is 3.65. The minimum Gasteiger partial charge on any atom is -0.449 e. The number of carbonyl (C=O) groups is 1. The quantitative estimate of drug-likeness (QED) is 0.0826. The molecule has 336 valence electrons. The maximum atomic E-state index is 15.1. The van der Waals surface area contributed by atoms with E-state index in [1.165, 1.54) is 15.7 Å². The van der Waals surface area contributed by atoms with Crippen LogP contribution in [0.5, 0.6) is 0 Å². The summed E-state index contributed by atoms with van der Waals surface area (Å²) in [6.45, 7) is 17.0. The van der Waals surface area contributed by atoms with Crippen molar-refractivity contribution in [3.8, 4) is 6.07 Å². The highest BCUT2D eigenvalue weighted by molar-refractivity contribution is 7.48. The number of aryl methyl sites for hydroxylation is 1. The molecule has 0 radical (unpaired) electrons. The van der Waals surface area contributed by atoms with Gasteiger partial charge in [-0.15, -0.1) is 5.10 Å². The third-order valence-corrected chi connectivity index (χ3v) is 13.7. The van der Waals surface area contributed by atoms with Crippen molar-refractivity contribution < 1.29 is 27.7 Å². The highest BCUT2D eigenvalue weighted by Gasteiger charge is 2.56. The van der Waals surface area contributed by atoms with Crippen molar-refractivity contribution in [3.05, 3.63) is 87.2 Å². The van der Waals surface area contributed by atoms with Crippen LogP contribution < -0.4 is 15.8 Å². The fourth-order valence-electron chi connectivity index (χ4n) is 8.32. The van der Waals surface area contributed by atoms with Gasteiger partial charge in [0.15, 0.2) is 0 Å². The van der Waals surface area contributed by atoms with Crippen molar-refractivity contribution in [2.45, 2.75) is 117 Å². The van der Waals surface area contributed by atoms with Gasteiger partial charge in [-0.25, -0.2) is 14.0 Å². The van der Waals surface area contributed by atoms with Crippen LogP contribution in [0.2, 0.25) is 5.02 Å². The molecule has 1 amide bonds. The number of nitrogens with one attached hydrogen (secondary N) is 1. The smallest absolute Gasteiger partial charge is 0.449 e. The van der Waals surface area contributed by atoms with Crippen LogP contribution in [0.25, 0.3) is 21.7 Å². The summed E-state index contributed by atoms with van der Waals surface area (Å²) < 4.78 is 40.6. The third kappa shape index (κ3) is 9.81. The van der Waals surface area contributed by atoms with Crippen LogP contribution in [0.4, 0.5) is 16.2 Å². The molecule has 0 unspecified atom stereocenters. The molecule has 63 heavy (non-hydrogen) atoms. The number of amides is 1. The number of fused-ring (bicyclic) bond motifs is 3. The van der Waals surface area contributed by atoms with E-state index in [9.17, 15) is 14.6 Å². The van der Waals surface area contributed by atoms with Crippen LogP contribution in [0.1, 0.15) is 117 Å². The number of pyridine rings is 2. The Morgan fingerprint density at radius 3 is 2.33 bits per heavy atom. The molecule has 0 saturated heterocycles. The van der Waals surface area contributed by atoms with Crippen LogP contribution in [-0.4, -0.2) is 61.6 Å². The molecule has 0 aliphatic heterocycles. The lowest BCUT2D eigenvalue weighted by Crippen LogP contribution is -2.57. The van der Waals surface area contributed by atoms with E-state index in [0.29, 0.717) is 62.3 Å². The van der Waals surface area contributed by atoms with E-state index in [0.717, 1.165) is 25.7 Å². The van der Waals surface area contributed by atoms with Crippen LogP contribution in [0, 0.1) is 22.7 Å². The summed E-state index contributed by atoms with van der Waals surface area (Å²) in [5.41, 5.74) is 0.449. The predicted molar refractivity (Wildman–Crippen MR) is 244 cm³/mol. The number of nitrogens with zero attached hydrogens (tertiary/aromatic N) is 7. The van der Waals surface area contributed by atoms with Gasteiger partial charge >= 0.3 is 13.9 Å². The molecule has 2 aromatic carbocycles. The van der Waals surface area contributed by atoms with Crippen molar-refractivity contribution >= 4 is 58.6 Å². The molecule has 7 rings (SSSR count). The standard InChI is InChI=1S/C46H58ClN8O7P/c1-43(2,3)28-50-38-29(25-48)26-49-39-35(38)23-31(24-36(39)47)55(42(57)59-21-12-22-60-63(58,61-44(4,5)6)62-45(7,8)9)40(33-13-11-14-34-32(33)17-20-53(10)41(34)56)37-27-54(52-51-37)46-18-15-30(46)16-19-46/h11,13-14,17,20,23-24,26-27,30,40H,12,15-16,18-19,21-22,28H2,1-10H3,(H,49,50)/t30?,40-,46?/m0/s1. The first-order valence-electron chi connectivity index (χ1n) is 21.4. The number of anilines is 2. The highest BCUT2D eigenvalue weighted by atomic mass is 35.5. The zero-order valence-corrected chi connectivity index (χ0v) is 39.5. The van der Waals surface area contributed by atoms with Crippen LogP contribution in [0.15, 0.2) is 59.8 Å². The Labute approximate surface area is 373 Å². The Morgan fingerprint density at radius 1 is 1.03 bits per heavy atom. The van der Waals surface area contributed by atoms with Crippen LogP contribution in [0.3, 0.4) is 0 Å². The Morgan fingerprint density at radius 2 is 1.73 bits per heavy atom. The third-order valence-electron chi connectivity index (χ3n) is 11.4. The summed E-state index contributed by atoms with van der Waals surface area (Å²) in [5.74, 6) is 0.507. The second-order valence-corrected chi connectivity index (χ2v) is 21.8. The molecule has 2 aliphatic carbocycles. The first kappa shape index (κ1) is 46.2. The molecule has 1 N–H and O–H groups in total. The molecular formula is C46H58ClN8O7P. The Kier molecular flexibility index (Phi) is 12.7. The number of carbonyl (C=O) groups excluding carboxylic acids is 1. The molecule has 1 atom stereocenters. The molecular weight excluding hydrogens is 843 g/mol. The number of benzene rings is 2. The number of aromatic nitrogens is 5. The lowest BCUT2D eigenvalue weighted by atomic mass is 9.53. The number of ether oxygens (including phenoxy) is 1. The van der Waals surface area contributed by atoms with E-state index in [-0.39, 0.29) is 41.2 Å². The maximum absolute atomic E-state index is 15.1. The largest absolute Gasteiger partial charge is 0.475 e. The number of rotatable bonds is 14. The van der Waals surface area contributed by atoms with E-state index in [1.807, 2.05) is 23.0 Å². The van der Waals surface area contributed by atoms with Crippen LogP contribution >= 0.6 is 19.4 Å². The minimum absolute atomic E-state index is 0.114. The number of halogens is 1. The van der Waals surface area contributed by atoms with Gasteiger partial charge in [0.1, 0.15) is 17.8 Å². The first-order chi connectivity index (χ1) is 29.5. The van der Waals surface area contributed by atoms with Gasteiger partial charge in [-0.3, -0.25) is 28.2 Å². The summed E-state index contributed by atoms with van der Waals surface area (Å²) >= 11 is 7.10. The normalized spacial score (nSPS) is 18.3. The summed E-state index contributed by atoms with van der Waals surface area (Å²) in [6, 6.07) is 11.9. The number of hydrogen-bond donors (Lipinski definition) is 1. The maximum Gasteiger partial charge on any atom is 0.475 e. The number of hydrogen-bond acceptors (Lipinski definition) is 12. The highest BCUT2D eigenvalue weighted by Crippen LogP contribution is 2.59. The Hall–Kier alpha value is -4.84.